The smallest absolute Gasteiger partial charge is 0.133 e. The van der Waals surface area contributed by atoms with Crippen LogP contribution in [0.1, 0.15) is 122 Å². The predicted molar refractivity (Wildman–Crippen MR) is 105 cm³/mol. The van der Waals surface area contributed by atoms with Crippen molar-refractivity contribution in [2.45, 2.75) is 122 Å². The Kier molecular flexibility index (Phi) is 10.5. The molecule has 144 valence electrons. The monoisotopic (exact) mass is 348 g/mol. The van der Waals surface area contributed by atoms with Gasteiger partial charge in [-0.25, -0.2) is 0 Å². The van der Waals surface area contributed by atoms with Crippen LogP contribution in [-0.2, 0) is 9.59 Å². The lowest BCUT2D eigenvalue weighted by Crippen LogP contribution is -2.12. The first kappa shape index (κ1) is 20.6. The molecule has 0 heterocycles. The second-order valence-electron chi connectivity index (χ2n) is 8.76. The molecule has 2 aliphatic rings. The fourth-order valence-electron chi connectivity index (χ4n) is 4.81. The highest BCUT2D eigenvalue weighted by Gasteiger charge is 2.17. The Labute approximate surface area is 155 Å². The number of hydrogen-bond acceptors (Lipinski definition) is 2. The number of hydrogen-bond donors (Lipinski definition) is 0. The van der Waals surface area contributed by atoms with E-state index in [4.69, 9.17) is 0 Å². The highest BCUT2D eigenvalue weighted by molar-refractivity contribution is 5.78. The summed E-state index contributed by atoms with van der Waals surface area (Å²) in [6.45, 7) is 0. The lowest BCUT2D eigenvalue weighted by molar-refractivity contribution is -0.121. The molecule has 0 saturated heterocycles. The maximum Gasteiger partial charge on any atom is 0.133 e. The quantitative estimate of drug-likeness (QED) is 0.364. The van der Waals surface area contributed by atoms with Gasteiger partial charge in [0.05, 0.1) is 0 Å². The Bertz CT molecular complexity index is 340. The molecule has 0 amide bonds. The Morgan fingerprint density at radius 2 is 0.880 bits per heavy atom. The average molecular weight is 349 g/mol. The van der Waals surface area contributed by atoms with Gasteiger partial charge in [0.25, 0.3) is 0 Å². The summed E-state index contributed by atoms with van der Waals surface area (Å²) in [5.74, 6) is 2.37. The molecule has 0 aliphatic heterocycles. The van der Waals surface area contributed by atoms with E-state index < -0.39 is 0 Å². The SMILES string of the molecule is O=C(CCCCCCCC(=O)CC1CCCCC1)CC1CCCCC1. The summed E-state index contributed by atoms with van der Waals surface area (Å²) in [5, 5.41) is 0. The van der Waals surface area contributed by atoms with Crippen LogP contribution in [0.15, 0.2) is 0 Å². The first-order chi connectivity index (χ1) is 12.2. The van der Waals surface area contributed by atoms with Crippen LogP contribution < -0.4 is 0 Å². The molecule has 0 bridgehead atoms. The maximum atomic E-state index is 12.0. The third kappa shape index (κ3) is 9.56. The molecule has 25 heavy (non-hydrogen) atoms. The van der Waals surface area contributed by atoms with Gasteiger partial charge in [0, 0.05) is 25.7 Å². The average Bonchev–Trinajstić information content (AvgIpc) is 2.62. The van der Waals surface area contributed by atoms with Crippen LogP contribution in [0.2, 0.25) is 0 Å². The molecule has 2 nitrogen and oxygen atoms in total. The van der Waals surface area contributed by atoms with Gasteiger partial charge in [-0.1, -0.05) is 83.5 Å². The summed E-state index contributed by atoms with van der Waals surface area (Å²) in [4.78, 5) is 24.1. The summed E-state index contributed by atoms with van der Waals surface area (Å²) >= 11 is 0. The van der Waals surface area contributed by atoms with E-state index in [-0.39, 0.29) is 0 Å². The highest BCUT2D eigenvalue weighted by Crippen LogP contribution is 2.28. The number of unbranched alkanes of at least 4 members (excludes halogenated alkanes) is 4. The van der Waals surface area contributed by atoms with Crippen molar-refractivity contribution < 1.29 is 9.59 Å². The van der Waals surface area contributed by atoms with Crippen LogP contribution in [0.25, 0.3) is 0 Å². The molecule has 0 aromatic heterocycles. The Balaban J connectivity index is 1.38. The van der Waals surface area contributed by atoms with Gasteiger partial charge < -0.3 is 0 Å². The standard InChI is InChI=1S/C23H40O2/c24-22(18-20-12-6-4-7-13-20)16-10-2-1-3-11-17-23(25)19-21-14-8-5-9-15-21/h20-21H,1-19H2. The van der Waals surface area contributed by atoms with Gasteiger partial charge in [-0.3, -0.25) is 9.59 Å². The van der Waals surface area contributed by atoms with Crippen molar-refractivity contribution in [2.75, 3.05) is 0 Å². The second-order valence-corrected chi connectivity index (χ2v) is 8.76. The molecule has 0 N–H and O–H groups in total. The van der Waals surface area contributed by atoms with Crippen molar-refractivity contribution in [2.24, 2.45) is 11.8 Å². The van der Waals surface area contributed by atoms with Gasteiger partial charge in [-0.2, -0.15) is 0 Å². The summed E-state index contributed by atoms with van der Waals surface area (Å²) < 4.78 is 0. The summed E-state index contributed by atoms with van der Waals surface area (Å²) in [6.07, 6.45) is 22.1. The summed E-state index contributed by atoms with van der Waals surface area (Å²) in [5.41, 5.74) is 0. The Morgan fingerprint density at radius 3 is 1.28 bits per heavy atom. The molecule has 0 unspecified atom stereocenters. The van der Waals surface area contributed by atoms with Crippen molar-refractivity contribution in [1.82, 2.24) is 0 Å². The van der Waals surface area contributed by atoms with Crippen LogP contribution in [0.3, 0.4) is 0 Å². The first-order valence-corrected chi connectivity index (χ1v) is 11.3. The van der Waals surface area contributed by atoms with E-state index in [0.717, 1.165) is 51.4 Å². The summed E-state index contributed by atoms with van der Waals surface area (Å²) in [7, 11) is 0. The van der Waals surface area contributed by atoms with Gasteiger partial charge in [0.2, 0.25) is 0 Å². The van der Waals surface area contributed by atoms with E-state index in [2.05, 4.69) is 0 Å². The molecule has 0 aromatic carbocycles. The lowest BCUT2D eigenvalue weighted by Gasteiger charge is -2.20. The minimum atomic E-state index is 0.495. The van der Waals surface area contributed by atoms with Gasteiger partial charge in [0.1, 0.15) is 11.6 Å². The third-order valence-corrected chi connectivity index (χ3v) is 6.39. The maximum absolute atomic E-state index is 12.0. The Hall–Kier alpha value is -0.660. The number of carbonyl (C=O) groups is 2. The number of rotatable bonds is 12. The van der Waals surface area contributed by atoms with Crippen LogP contribution in [0.4, 0.5) is 0 Å². The topological polar surface area (TPSA) is 34.1 Å². The Morgan fingerprint density at radius 1 is 0.520 bits per heavy atom. The predicted octanol–water partition coefficient (Wildman–Crippen LogP) is 6.80. The van der Waals surface area contributed by atoms with Crippen molar-refractivity contribution in [1.29, 1.82) is 0 Å². The largest absolute Gasteiger partial charge is 0.300 e. The minimum absolute atomic E-state index is 0.495. The molecule has 0 aromatic rings. The van der Waals surface area contributed by atoms with Gasteiger partial charge in [0.15, 0.2) is 0 Å². The second kappa shape index (κ2) is 12.7. The van der Waals surface area contributed by atoms with Crippen LogP contribution in [-0.4, -0.2) is 11.6 Å². The van der Waals surface area contributed by atoms with Gasteiger partial charge in [-0.05, 0) is 24.7 Å². The molecule has 2 saturated carbocycles. The first-order valence-electron chi connectivity index (χ1n) is 11.3. The minimum Gasteiger partial charge on any atom is -0.300 e. The lowest BCUT2D eigenvalue weighted by atomic mass is 9.85. The number of Topliss-reactive ketones (excluding diaryl/α,β-unsaturated/α-hetero) is 2. The molecule has 0 radical (unpaired) electrons. The molecule has 2 rings (SSSR count). The molecule has 2 fully saturated rings. The molecule has 0 atom stereocenters. The van der Waals surface area contributed by atoms with E-state index >= 15 is 0 Å². The van der Waals surface area contributed by atoms with Crippen LogP contribution in [0.5, 0.6) is 0 Å². The van der Waals surface area contributed by atoms with Crippen molar-refractivity contribution in [3.05, 3.63) is 0 Å². The van der Waals surface area contributed by atoms with E-state index in [9.17, 15) is 9.59 Å². The number of ketones is 2. The van der Waals surface area contributed by atoms with Crippen molar-refractivity contribution >= 4 is 11.6 Å². The molecule has 0 spiro atoms. The molecular weight excluding hydrogens is 308 g/mol. The number of carbonyl (C=O) groups excluding carboxylic acids is 2. The van der Waals surface area contributed by atoms with Crippen molar-refractivity contribution in [3.63, 3.8) is 0 Å². The van der Waals surface area contributed by atoms with E-state index in [1.54, 1.807) is 0 Å². The van der Waals surface area contributed by atoms with Gasteiger partial charge >= 0.3 is 0 Å². The van der Waals surface area contributed by atoms with E-state index in [1.165, 1.54) is 70.6 Å². The molecular formula is C23H40O2. The zero-order chi connectivity index (χ0) is 17.7. The van der Waals surface area contributed by atoms with Crippen LogP contribution >= 0.6 is 0 Å². The van der Waals surface area contributed by atoms with Crippen LogP contribution in [0, 0.1) is 11.8 Å². The normalized spacial score (nSPS) is 19.8. The van der Waals surface area contributed by atoms with Crippen molar-refractivity contribution in [3.8, 4) is 0 Å². The van der Waals surface area contributed by atoms with E-state index in [0.29, 0.717) is 23.4 Å². The zero-order valence-corrected chi connectivity index (χ0v) is 16.4. The highest BCUT2D eigenvalue weighted by atomic mass is 16.1. The van der Waals surface area contributed by atoms with E-state index in [1.807, 2.05) is 0 Å². The van der Waals surface area contributed by atoms with Gasteiger partial charge in [-0.15, -0.1) is 0 Å². The fourth-order valence-corrected chi connectivity index (χ4v) is 4.81. The zero-order valence-electron chi connectivity index (χ0n) is 16.4. The third-order valence-electron chi connectivity index (χ3n) is 6.39. The molecule has 2 aliphatic carbocycles. The fraction of sp³-hybridized carbons (Fsp3) is 0.913. The summed E-state index contributed by atoms with van der Waals surface area (Å²) in [6, 6.07) is 0. The molecule has 2 heteroatoms.